The maximum Gasteiger partial charge on any atom is 0.323 e. The largest absolute Gasteiger partial charge is 0.497 e. The van der Waals surface area contributed by atoms with Crippen molar-refractivity contribution in [2.24, 2.45) is 7.05 Å². The molecular formula is C38H39N7O5. The number of rotatable bonds is 7. The fourth-order valence-electron chi connectivity index (χ4n) is 6.64. The number of anilines is 2. The molecule has 0 unspecified atom stereocenters. The highest BCUT2D eigenvalue weighted by Gasteiger charge is 2.30. The predicted molar refractivity (Wildman–Crippen MR) is 193 cm³/mol. The van der Waals surface area contributed by atoms with Crippen molar-refractivity contribution in [3.05, 3.63) is 94.5 Å². The molecule has 2 aliphatic rings. The van der Waals surface area contributed by atoms with Gasteiger partial charge < -0.3 is 34.9 Å². The van der Waals surface area contributed by atoms with Crippen molar-refractivity contribution in [2.75, 3.05) is 50.5 Å². The van der Waals surface area contributed by atoms with Gasteiger partial charge in [-0.25, -0.2) is 4.79 Å². The van der Waals surface area contributed by atoms with Gasteiger partial charge in [-0.3, -0.25) is 14.3 Å². The molecule has 7 rings (SSSR count). The second-order valence-electron chi connectivity index (χ2n) is 12.5. The van der Waals surface area contributed by atoms with Gasteiger partial charge in [0.05, 0.1) is 24.1 Å². The summed E-state index contributed by atoms with van der Waals surface area (Å²) in [6.45, 7) is 10.2. The normalized spacial score (nSPS) is 15.3. The number of hydrogen-bond acceptors (Lipinski definition) is 7. The quantitative estimate of drug-likeness (QED) is 0.174. The molecule has 0 bridgehead atoms. The van der Waals surface area contributed by atoms with Crippen molar-refractivity contribution in [1.82, 2.24) is 24.6 Å². The minimum atomic E-state index is -0.485. The zero-order valence-electron chi connectivity index (χ0n) is 28.7. The molecule has 12 nitrogen and oxygen atoms in total. The number of ketones is 1. The summed E-state index contributed by atoms with van der Waals surface area (Å²) in [4.78, 5) is 47.3. The van der Waals surface area contributed by atoms with Crippen molar-refractivity contribution in [3.8, 4) is 22.8 Å². The summed E-state index contributed by atoms with van der Waals surface area (Å²) in [5.74, 6) is 0.925. The Morgan fingerprint density at radius 2 is 1.70 bits per heavy atom. The number of urea groups is 1. The number of carbonyl (C=O) groups is 3. The Labute approximate surface area is 289 Å². The molecule has 3 amide bonds. The minimum absolute atomic E-state index is 0.0156. The molecule has 50 heavy (non-hydrogen) atoms. The SMILES string of the molecule is CCN1CCN(C(=O)c2ccc(NC(=O)Nc3ccc4c(c3)C(=O)/C(=C/c3c(-c5c(C)nn(C)c5C)[nH]c5ccc(OC)cc35)O4)cc2)CC1. The third kappa shape index (κ3) is 6.09. The maximum atomic E-state index is 13.7. The van der Waals surface area contributed by atoms with Crippen LogP contribution in [-0.4, -0.2) is 82.1 Å². The summed E-state index contributed by atoms with van der Waals surface area (Å²) < 4.78 is 13.4. The Morgan fingerprint density at radius 1 is 0.980 bits per heavy atom. The van der Waals surface area contributed by atoms with Crippen LogP contribution in [0.4, 0.5) is 16.2 Å². The molecule has 0 spiro atoms. The fourth-order valence-corrected chi connectivity index (χ4v) is 6.64. The van der Waals surface area contributed by atoms with Gasteiger partial charge in [0.2, 0.25) is 5.78 Å². The second kappa shape index (κ2) is 13.2. The van der Waals surface area contributed by atoms with E-state index < -0.39 is 6.03 Å². The Balaban J connectivity index is 1.08. The molecule has 4 heterocycles. The molecule has 256 valence electrons. The lowest BCUT2D eigenvalue weighted by atomic mass is 10.0. The molecular weight excluding hydrogens is 634 g/mol. The summed E-state index contributed by atoms with van der Waals surface area (Å²) in [6, 6.07) is 17.1. The summed E-state index contributed by atoms with van der Waals surface area (Å²) in [7, 11) is 3.51. The lowest BCUT2D eigenvalue weighted by Gasteiger charge is -2.34. The first kappa shape index (κ1) is 32.7. The van der Waals surface area contributed by atoms with Crippen LogP contribution in [0.2, 0.25) is 0 Å². The van der Waals surface area contributed by atoms with Crippen LogP contribution in [0.1, 0.15) is 44.6 Å². The summed E-state index contributed by atoms with van der Waals surface area (Å²) in [5.41, 5.74) is 7.12. The van der Waals surface area contributed by atoms with Crippen LogP contribution in [0.15, 0.2) is 66.4 Å². The zero-order valence-corrected chi connectivity index (χ0v) is 28.7. The first-order valence-electron chi connectivity index (χ1n) is 16.6. The monoisotopic (exact) mass is 673 g/mol. The third-order valence-electron chi connectivity index (χ3n) is 9.50. The molecule has 2 aromatic heterocycles. The highest BCUT2D eigenvalue weighted by Crippen LogP contribution is 2.39. The third-order valence-corrected chi connectivity index (χ3v) is 9.50. The number of benzene rings is 3. The summed E-state index contributed by atoms with van der Waals surface area (Å²) >= 11 is 0. The Bertz CT molecular complexity index is 2170. The predicted octanol–water partition coefficient (Wildman–Crippen LogP) is 6.23. The number of piperazine rings is 1. The summed E-state index contributed by atoms with van der Waals surface area (Å²) in [5, 5.41) is 11.1. The number of likely N-dealkylation sites (N-methyl/N-ethyl adjacent to an activating group) is 1. The van der Waals surface area contributed by atoms with Crippen LogP contribution in [0.3, 0.4) is 0 Å². The van der Waals surface area contributed by atoms with E-state index in [-0.39, 0.29) is 17.4 Å². The number of amides is 3. The number of hydrogen-bond donors (Lipinski definition) is 3. The van der Waals surface area contributed by atoms with E-state index in [1.165, 1.54) is 0 Å². The average Bonchev–Trinajstić information content (AvgIpc) is 3.72. The van der Waals surface area contributed by atoms with Gasteiger partial charge in [-0.05, 0) is 87.1 Å². The number of aromatic amines is 1. The molecule has 0 saturated carbocycles. The van der Waals surface area contributed by atoms with Gasteiger partial charge in [0, 0.05) is 77.9 Å². The lowest BCUT2D eigenvalue weighted by molar-refractivity contribution is 0.0643. The van der Waals surface area contributed by atoms with E-state index in [4.69, 9.17) is 9.47 Å². The van der Waals surface area contributed by atoms with Crippen LogP contribution < -0.4 is 20.1 Å². The smallest absolute Gasteiger partial charge is 0.323 e. The van der Waals surface area contributed by atoms with E-state index in [0.717, 1.165) is 58.7 Å². The molecule has 3 aromatic carbocycles. The number of fused-ring (bicyclic) bond motifs is 2. The van der Waals surface area contributed by atoms with Gasteiger partial charge in [0.25, 0.3) is 5.91 Å². The van der Waals surface area contributed by atoms with E-state index >= 15 is 0 Å². The van der Waals surface area contributed by atoms with Gasteiger partial charge >= 0.3 is 6.03 Å². The number of carbonyl (C=O) groups excluding carboxylic acids is 3. The van der Waals surface area contributed by atoms with Gasteiger partial charge in [-0.15, -0.1) is 0 Å². The number of nitrogens with zero attached hydrogens (tertiary/aromatic N) is 4. The molecule has 0 aliphatic carbocycles. The molecule has 12 heteroatoms. The van der Waals surface area contributed by atoms with E-state index in [9.17, 15) is 14.4 Å². The number of methoxy groups -OCH3 is 1. The number of aryl methyl sites for hydroxylation is 2. The van der Waals surface area contributed by atoms with Crippen LogP contribution in [0.5, 0.6) is 11.5 Å². The molecule has 1 fully saturated rings. The molecule has 1 saturated heterocycles. The van der Waals surface area contributed by atoms with Crippen molar-refractivity contribution < 1.29 is 23.9 Å². The molecule has 2 aliphatic heterocycles. The second-order valence-corrected chi connectivity index (χ2v) is 12.5. The van der Waals surface area contributed by atoms with E-state index in [2.05, 4.69) is 32.5 Å². The van der Waals surface area contributed by atoms with Crippen molar-refractivity contribution >= 4 is 46.1 Å². The Kier molecular flexibility index (Phi) is 8.62. The van der Waals surface area contributed by atoms with Gasteiger partial charge in [-0.2, -0.15) is 5.10 Å². The Morgan fingerprint density at radius 3 is 2.38 bits per heavy atom. The number of ether oxygens (including phenoxy) is 2. The van der Waals surface area contributed by atoms with E-state index in [0.29, 0.717) is 47.1 Å². The Hall–Kier alpha value is -5.88. The van der Waals surface area contributed by atoms with Crippen LogP contribution in [0.25, 0.3) is 28.2 Å². The fraction of sp³-hybridized carbons (Fsp3) is 0.263. The number of allylic oxidation sites excluding steroid dienone is 1. The van der Waals surface area contributed by atoms with Crippen molar-refractivity contribution in [2.45, 2.75) is 20.8 Å². The van der Waals surface area contributed by atoms with Crippen molar-refractivity contribution in [1.29, 1.82) is 0 Å². The molecule has 3 N–H and O–H groups in total. The van der Waals surface area contributed by atoms with Gasteiger partial charge in [0.15, 0.2) is 5.76 Å². The topological polar surface area (TPSA) is 134 Å². The zero-order chi connectivity index (χ0) is 35.1. The highest BCUT2D eigenvalue weighted by molar-refractivity contribution is 6.16. The highest BCUT2D eigenvalue weighted by atomic mass is 16.5. The maximum absolute atomic E-state index is 13.7. The number of Topliss-reactive ketones (excluding diaryl/α,β-unsaturated/α-hetero) is 1. The van der Waals surface area contributed by atoms with E-state index in [1.807, 2.05) is 48.7 Å². The number of aromatic nitrogens is 3. The minimum Gasteiger partial charge on any atom is -0.497 e. The van der Waals surface area contributed by atoms with Crippen LogP contribution >= 0.6 is 0 Å². The van der Waals surface area contributed by atoms with Gasteiger partial charge in [-0.1, -0.05) is 6.92 Å². The molecule has 5 aromatic rings. The first-order valence-corrected chi connectivity index (χ1v) is 16.6. The van der Waals surface area contributed by atoms with Crippen LogP contribution in [0, 0.1) is 13.8 Å². The number of H-pyrrole nitrogens is 1. The van der Waals surface area contributed by atoms with E-state index in [1.54, 1.807) is 55.7 Å². The number of nitrogens with one attached hydrogen (secondary N) is 3. The average molecular weight is 674 g/mol. The van der Waals surface area contributed by atoms with Crippen molar-refractivity contribution in [3.63, 3.8) is 0 Å². The standard InChI is InChI=1S/C38H39N7O5/c1-6-44-15-17-45(18-16-44)37(47)24-7-9-25(10-8-24)39-38(48)40-26-11-14-32-30(19-26)36(46)33(50-32)21-29-28-20-27(49-5)12-13-31(28)41-35(29)34-22(2)42-43(4)23(34)3/h7-14,19-21,41H,6,15-18H2,1-5H3,(H2,39,40,48)/b33-21-. The summed E-state index contributed by atoms with van der Waals surface area (Å²) in [6.07, 6.45) is 1.75. The van der Waals surface area contributed by atoms with Gasteiger partial charge in [0.1, 0.15) is 11.5 Å². The molecule has 0 atom stereocenters. The molecule has 0 radical (unpaired) electrons. The van der Waals surface area contributed by atoms with Crippen LogP contribution in [-0.2, 0) is 7.05 Å². The first-order chi connectivity index (χ1) is 24.1. The lowest BCUT2D eigenvalue weighted by Crippen LogP contribution is -2.48.